The number of pyridine rings is 2. The largest absolute Gasteiger partial charge is 0.265 e. The van der Waals surface area contributed by atoms with E-state index >= 15 is 0 Å². The maximum absolute atomic E-state index is 4.94. The molecule has 0 saturated heterocycles. The first-order chi connectivity index (χ1) is 18.2. The van der Waals surface area contributed by atoms with Gasteiger partial charge in [-0.25, -0.2) is 15.0 Å². The van der Waals surface area contributed by atoms with Crippen LogP contribution in [-0.2, 0) is 0 Å². The van der Waals surface area contributed by atoms with Crippen molar-refractivity contribution in [1.82, 2.24) is 24.9 Å². The smallest absolute Gasteiger partial charge is 0.164 e. The molecular weight excluding hydrogens is 454 g/mol. The molecule has 0 atom stereocenters. The first kappa shape index (κ1) is 22.4. The molecule has 0 aliphatic heterocycles. The predicted molar refractivity (Wildman–Crippen MR) is 147 cm³/mol. The summed E-state index contributed by atoms with van der Waals surface area (Å²) in [6.45, 7) is 2.07. The Bertz CT molecular complexity index is 1560. The maximum atomic E-state index is 4.94. The third-order valence-electron chi connectivity index (χ3n) is 6.21. The van der Waals surface area contributed by atoms with Crippen LogP contribution in [0.4, 0.5) is 0 Å². The van der Waals surface area contributed by atoms with Crippen molar-refractivity contribution in [1.29, 1.82) is 0 Å². The van der Waals surface area contributed by atoms with Gasteiger partial charge in [-0.05, 0) is 65.6 Å². The van der Waals surface area contributed by atoms with Crippen molar-refractivity contribution in [3.63, 3.8) is 0 Å². The normalized spacial score (nSPS) is 10.8. The zero-order chi connectivity index (χ0) is 25.0. The summed E-state index contributed by atoms with van der Waals surface area (Å²) in [7, 11) is 0. The lowest BCUT2D eigenvalue weighted by Crippen LogP contribution is -2.00. The molecule has 176 valence electrons. The molecular formula is C32H23N5. The van der Waals surface area contributed by atoms with Crippen molar-refractivity contribution < 1.29 is 0 Å². The summed E-state index contributed by atoms with van der Waals surface area (Å²) in [4.78, 5) is 23.0. The van der Waals surface area contributed by atoms with Gasteiger partial charge < -0.3 is 0 Å². The van der Waals surface area contributed by atoms with Gasteiger partial charge in [-0.2, -0.15) is 0 Å². The van der Waals surface area contributed by atoms with Gasteiger partial charge in [0, 0.05) is 41.5 Å². The lowest BCUT2D eigenvalue weighted by Gasteiger charge is -2.10. The van der Waals surface area contributed by atoms with E-state index in [4.69, 9.17) is 15.0 Å². The Hall–Kier alpha value is -5.03. The molecule has 3 aromatic heterocycles. The maximum Gasteiger partial charge on any atom is 0.164 e. The lowest BCUT2D eigenvalue weighted by molar-refractivity contribution is 1.07. The fourth-order valence-corrected chi connectivity index (χ4v) is 4.23. The van der Waals surface area contributed by atoms with Crippen molar-refractivity contribution in [2.45, 2.75) is 6.92 Å². The molecule has 37 heavy (non-hydrogen) atoms. The number of hydrogen-bond donors (Lipinski definition) is 0. The van der Waals surface area contributed by atoms with Gasteiger partial charge in [0.1, 0.15) is 0 Å². The molecule has 6 rings (SSSR count). The third kappa shape index (κ3) is 4.88. The van der Waals surface area contributed by atoms with Crippen LogP contribution in [0, 0.1) is 6.92 Å². The summed E-state index contributed by atoms with van der Waals surface area (Å²) in [5.74, 6) is 1.90. The van der Waals surface area contributed by atoms with Gasteiger partial charge in [0.15, 0.2) is 17.5 Å². The lowest BCUT2D eigenvalue weighted by atomic mass is 10.0. The number of aryl methyl sites for hydroxylation is 1. The van der Waals surface area contributed by atoms with Crippen LogP contribution in [0.1, 0.15) is 5.56 Å². The predicted octanol–water partition coefficient (Wildman–Crippen LogP) is 7.31. The Morgan fingerprint density at radius 2 is 0.784 bits per heavy atom. The molecule has 0 amide bonds. The Balaban J connectivity index is 1.50. The Morgan fingerprint density at radius 3 is 1.24 bits per heavy atom. The van der Waals surface area contributed by atoms with Crippen molar-refractivity contribution in [2.24, 2.45) is 0 Å². The zero-order valence-corrected chi connectivity index (χ0v) is 20.3. The van der Waals surface area contributed by atoms with E-state index in [1.807, 2.05) is 48.5 Å². The van der Waals surface area contributed by atoms with E-state index in [1.54, 1.807) is 24.8 Å². The van der Waals surface area contributed by atoms with E-state index in [9.17, 15) is 0 Å². The van der Waals surface area contributed by atoms with Crippen molar-refractivity contribution in [3.05, 3.63) is 127 Å². The van der Waals surface area contributed by atoms with Crippen molar-refractivity contribution in [2.75, 3.05) is 0 Å². The molecule has 0 unspecified atom stereocenters. The zero-order valence-electron chi connectivity index (χ0n) is 20.3. The number of benzene rings is 3. The summed E-state index contributed by atoms with van der Waals surface area (Å²) >= 11 is 0. The van der Waals surface area contributed by atoms with Crippen LogP contribution in [-0.4, -0.2) is 24.9 Å². The molecule has 0 radical (unpaired) electrons. The fraction of sp³-hybridized carbons (Fsp3) is 0.0312. The second-order valence-corrected chi connectivity index (χ2v) is 8.81. The van der Waals surface area contributed by atoms with Crippen LogP contribution in [0.15, 0.2) is 122 Å². The summed E-state index contributed by atoms with van der Waals surface area (Å²) in [6, 6.07) is 32.8. The molecule has 5 nitrogen and oxygen atoms in total. The average Bonchev–Trinajstić information content (AvgIpc) is 2.98. The summed E-state index contributed by atoms with van der Waals surface area (Å²) in [5, 5.41) is 0. The van der Waals surface area contributed by atoms with Gasteiger partial charge >= 0.3 is 0 Å². The molecule has 0 saturated carbocycles. The Morgan fingerprint density at radius 1 is 0.378 bits per heavy atom. The summed E-state index contributed by atoms with van der Waals surface area (Å²) in [5.41, 5.74) is 8.34. The fourth-order valence-electron chi connectivity index (χ4n) is 4.23. The van der Waals surface area contributed by atoms with Gasteiger partial charge in [-0.1, -0.05) is 66.2 Å². The SMILES string of the molecule is Cc1ccc(-c2nc(-c3cccc(-c4ccncc4)c3)nc(-c3cccc(-c4ccncc4)c3)n2)cc1. The van der Waals surface area contributed by atoms with Crippen LogP contribution in [0.2, 0.25) is 0 Å². The van der Waals surface area contributed by atoms with E-state index in [0.29, 0.717) is 17.5 Å². The minimum Gasteiger partial charge on any atom is -0.265 e. The van der Waals surface area contributed by atoms with Crippen molar-refractivity contribution >= 4 is 0 Å². The number of rotatable bonds is 5. The molecule has 0 bridgehead atoms. The minimum atomic E-state index is 0.630. The topological polar surface area (TPSA) is 64.5 Å². The number of aromatic nitrogens is 5. The quantitative estimate of drug-likeness (QED) is 0.261. The second-order valence-electron chi connectivity index (χ2n) is 8.81. The van der Waals surface area contributed by atoms with Crippen LogP contribution in [0.3, 0.4) is 0 Å². The molecule has 6 aromatic rings. The molecule has 0 N–H and O–H groups in total. The van der Waals surface area contributed by atoms with Crippen molar-refractivity contribution in [3.8, 4) is 56.4 Å². The molecule has 5 heteroatoms. The molecule has 3 aromatic carbocycles. The highest BCUT2D eigenvalue weighted by atomic mass is 15.0. The van der Waals surface area contributed by atoms with E-state index in [2.05, 4.69) is 65.4 Å². The molecule has 3 heterocycles. The minimum absolute atomic E-state index is 0.630. The van der Waals surface area contributed by atoms with Gasteiger partial charge in [0.25, 0.3) is 0 Å². The van der Waals surface area contributed by atoms with Crippen LogP contribution in [0.5, 0.6) is 0 Å². The van der Waals surface area contributed by atoms with E-state index in [-0.39, 0.29) is 0 Å². The molecule has 0 aliphatic carbocycles. The van der Waals surface area contributed by atoms with Gasteiger partial charge in [-0.15, -0.1) is 0 Å². The first-order valence-electron chi connectivity index (χ1n) is 12.1. The Labute approximate surface area is 215 Å². The standard InChI is InChI=1S/C32H23N5/c1-22-8-10-25(11-9-22)30-35-31(28-6-2-4-26(20-28)23-12-16-33-17-13-23)37-32(36-30)29-7-3-5-27(21-29)24-14-18-34-19-15-24/h2-21H,1H3. The van der Waals surface area contributed by atoms with E-state index in [0.717, 1.165) is 38.9 Å². The number of nitrogens with zero attached hydrogens (tertiary/aromatic N) is 5. The number of hydrogen-bond acceptors (Lipinski definition) is 5. The van der Waals surface area contributed by atoms with E-state index < -0.39 is 0 Å². The van der Waals surface area contributed by atoms with Gasteiger partial charge in [0.05, 0.1) is 0 Å². The van der Waals surface area contributed by atoms with Gasteiger partial charge in [0.2, 0.25) is 0 Å². The Kier molecular flexibility index (Phi) is 6.01. The molecule has 0 aliphatic rings. The highest BCUT2D eigenvalue weighted by Crippen LogP contribution is 2.29. The third-order valence-corrected chi connectivity index (χ3v) is 6.21. The van der Waals surface area contributed by atoms with Gasteiger partial charge in [-0.3, -0.25) is 9.97 Å². The second kappa shape index (κ2) is 9.91. The van der Waals surface area contributed by atoms with Crippen LogP contribution in [0.25, 0.3) is 56.4 Å². The summed E-state index contributed by atoms with van der Waals surface area (Å²) in [6.07, 6.45) is 7.20. The highest BCUT2D eigenvalue weighted by molar-refractivity contribution is 5.74. The highest BCUT2D eigenvalue weighted by Gasteiger charge is 2.13. The molecule has 0 fully saturated rings. The monoisotopic (exact) mass is 477 g/mol. The van der Waals surface area contributed by atoms with Crippen LogP contribution >= 0.6 is 0 Å². The van der Waals surface area contributed by atoms with Crippen LogP contribution < -0.4 is 0 Å². The first-order valence-corrected chi connectivity index (χ1v) is 12.1. The molecule has 0 spiro atoms. The summed E-state index contributed by atoms with van der Waals surface area (Å²) < 4.78 is 0. The van der Waals surface area contributed by atoms with E-state index in [1.165, 1.54) is 5.56 Å². The average molecular weight is 478 g/mol.